The van der Waals surface area contributed by atoms with Crippen molar-refractivity contribution in [3.8, 4) is 0 Å². The molecule has 0 saturated heterocycles. The van der Waals surface area contributed by atoms with Crippen LogP contribution in [0.2, 0.25) is 0 Å². The van der Waals surface area contributed by atoms with Crippen molar-refractivity contribution >= 4 is 17.0 Å². The zero-order valence-corrected chi connectivity index (χ0v) is 9.43. The number of benzene rings is 1. The van der Waals surface area contributed by atoms with Crippen LogP contribution in [0.4, 0.5) is 0 Å². The van der Waals surface area contributed by atoms with E-state index in [1.54, 1.807) is 18.2 Å². The minimum atomic E-state index is -0.932. The van der Waals surface area contributed by atoms with Crippen LogP contribution < -0.4 is 5.01 Å². The minimum Gasteiger partial charge on any atom is -0.478 e. The van der Waals surface area contributed by atoms with Gasteiger partial charge in [0.15, 0.2) is 0 Å². The third-order valence-electron chi connectivity index (χ3n) is 2.44. The predicted octanol–water partition coefficient (Wildman–Crippen LogP) is 1.24. The van der Waals surface area contributed by atoms with Crippen molar-refractivity contribution in [2.75, 3.05) is 19.1 Å². The summed E-state index contributed by atoms with van der Waals surface area (Å²) in [6.07, 6.45) is 0. The molecule has 0 radical (unpaired) electrons. The Balaban J connectivity index is 2.70. The van der Waals surface area contributed by atoms with Crippen LogP contribution in [-0.4, -0.2) is 34.8 Å². The molecule has 0 bridgehead atoms. The van der Waals surface area contributed by atoms with E-state index in [4.69, 9.17) is 5.11 Å². The Morgan fingerprint density at radius 2 is 2.12 bits per heavy atom. The number of nitrogens with zero attached hydrogens (tertiary/aromatic N) is 3. The quantitative estimate of drug-likeness (QED) is 0.825. The lowest BCUT2D eigenvalue weighted by atomic mass is 10.2. The SMILES string of the molecule is Cc1nc2cc(C(=O)O)ccc2n1N(C)C. The molecule has 0 aliphatic heterocycles. The largest absolute Gasteiger partial charge is 0.478 e. The van der Waals surface area contributed by atoms with Gasteiger partial charge in [0.1, 0.15) is 5.82 Å². The van der Waals surface area contributed by atoms with E-state index in [1.807, 2.05) is 30.7 Å². The Morgan fingerprint density at radius 3 is 2.69 bits per heavy atom. The van der Waals surface area contributed by atoms with E-state index in [0.29, 0.717) is 5.52 Å². The lowest BCUT2D eigenvalue weighted by Gasteiger charge is -2.16. The Morgan fingerprint density at radius 1 is 1.44 bits per heavy atom. The molecule has 0 spiro atoms. The van der Waals surface area contributed by atoms with Crippen LogP contribution in [0.5, 0.6) is 0 Å². The molecule has 5 nitrogen and oxygen atoms in total. The number of aryl methyl sites for hydroxylation is 1. The van der Waals surface area contributed by atoms with Crippen molar-refractivity contribution in [2.45, 2.75) is 6.92 Å². The maximum absolute atomic E-state index is 10.8. The third kappa shape index (κ3) is 1.50. The van der Waals surface area contributed by atoms with Crippen LogP contribution in [0.1, 0.15) is 16.2 Å². The summed E-state index contributed by atoms with van der Waals surface area (Å²) in [6, 6.07) is 4.95. The van der Waals surface area contributed by atoms with Crippen LogP contribution in [0.3, 0.4) is 0 Å². The topological polar surface area (TPSA) is 58.4 Å². The highest BCUT2D eigenvalue weighted by molar-refractivity contribution is 5.92. The van der Waals surface area contributed by atoms with Gasteiger partial charge in [-0.3, -0.25) is 0 Å². The van der Waals surface area contributed by atoms with Crippen molar-refractivity contribution in [3.05, 3.63) is 29.6 Å². The number of imidazole rings is 1. The predicted molar refractivity (Wildman–Crippen MR) is 61.5 cm³/mol. The van der Waals surface area contributed by atoms with Crippen LogP contribution in [0.15, 0.2) is 18.2 Å². The Labute approximate surface area is 92.9 Å². The molecule has 0 amide bonds. The van der Waals surface area contributed by atoms with Gasteiger partial charge in [0, 0.05) is 14.1 Å². The fourth-order valence-electron chi connectivity index (χ4n) is 1.83. The van der Waals surface area contributed by atoms with Gasteiger partial charge in [-0.1, -0.05) is 0 Å². The third-order valence-corrected chi connectivity index (χ3v) is 2.44. The van der Waals surface area contributed by atoms with Crippen molar-refractivity contribution in [3.63, 3.8) is 0 Å². The average molecular weight is 219 g/mol. The number of carbonyl (C=O) groups is 1. The summed E-state index contributed by atoms with van der Waals surface area (Å²) < 4.78 is 1.93. The summed E-state index contributed by atoms with van der Waals surface area (Å²) >= 11 is 0. The Kier molecular flexibility index (Phi) is 2.30. The summed E-state index contributed by atoms with van der Waals surface area (Å²) in [6.45, 7) is 1.89. The zero-order valence-electron chi connectivity index (χ0n) is 9.43. The summed E-state index contributed by atoms with van der Waals surface area (Å²) in [7, 11) is 3.83. The van der Waals surface area contributed by atoms with Gasteiger partial charge < -0.3 is 10.1 Å². The number of hydrogen-bond acceptors (Lipinski definition) is 3. The molecular weight excluding hydrogens is 206 g/mol. The summed E-state index contributed by atoms with van der Waals surface area (Å²) in [5, 5.41) is 10.8. The molecule has 0 atom stereocenters. The zero-order chi connectivity index (χ0) is 11.9. The summed E-state index contributed by atoms with van der Waals surface area (Å²) in [4.78, 5) is 15.2. The van der Waals surface area contributed by atoms with E-state index < -0.39 is 5.97 Å². The van der Waals surface area contributed by atoms with E-state index in [1.165, 1.54) is 0 Å². The maximum Gasteiger partial charge on any atom is 0.335 e. The first-order valence-corrected chi connectivity index (χ1v) is 4.90. The van der Waals surface area contributed by atoms with E-state index in [-0.39, 0.29) is 5.56 Å². The highest BCUT2D eigenvalue weighted by atomic mass is 16.4. The second-order valence-electron chi connectivity index (χ2n) is 3.83. The van der Waals surface area contributed by atoms with Crippen LogP contribution >= 0.6 is 0 Å². The first-order valence-electron chi connectivity index (χ1n) is 4.90. The fourth-order valence-corrected chi connectivity index (χ4v) is 1.83. The highest BCUT2D eigenvalue weighted by Gasteiger charge is 2.11. The lowest BCUT2D eigenvalue weighted by molar-refractivity contribution is 0.0697. The Hall–Kier alpha value is -2.04. The molecule has 84 valence electrons. The number of carboxylic acid groups (broad SMARTS) is 1. The van der Waals surface area contributed by atoms with Crippen molar-refractivity contribution in [1.82, 2.24) is 9.66 Å². The molecule has 1 aromatic carbocycles. The second kappa shape index (κ2) is 3.52. The summed E-state index contributed by atoms with van der Waals surface area (Å²) in [5.41, 5.74) is 1.87. The number of fused-ring (bicyclic) bond motifs is 1. The number of carboxylic acids is 1. The molecule has 1 aromatic heterocycles. The van der Waals surface area contributed by atoms with Gasteiger partial charge in [-0.2, -0.15) is 0 Å². The van der Waals surface area contributed by atoms with Gasteiger partial charge in [0.2, 0.25) is 0 Å². The molecule has 1 N–H and O–H groups in total. The second-order valence-corrected chi connectivity index (χ2v) is 3.83. The van der Waals surface area contributed by atoms with Crippen molar-refractivity contribution < 1.29 is 9.90 Å². The number of aromatic carboxylic acids is 1. The standard InChI is InChI=1S/C11H13N3O2/c1-7-12-9-6-8(11(15)16)4-5-10(9)14(7)13(2)3/h4-6H,1-3H3,(H,15,16). The van der Waals surface area contributed by atoms with Crippen LogP contribution in [-0.2, 0) is 0 Å². The smallest absolute Gasteiger partial charge is 0.335 e. The van der Waals surface area contributed by atoms with Crippen LogP contribution in [0, 0.1) is 6.92 Å². The van der Waals surface area contributed by atoms with E-state index in [2.05, 4.69) is 4.98 Å². The van der Waals surface area contributed by atoms with Gasteiger partial charge in [-0.25, -0.2) is 14.5 Å². The normalized spacial score (nSPS) is 10.7. The molecule has 0 unspecified atom stereocenters. The average Bonchev–Trinajstić information content (AvgIpc) is 2.51. The van der Waals surface area contributed by atoms with Gasteiger partial charge in [-0.15, -0.1) is 0 Å². The molecule has 0 aliphatic carbocycles. The Bertz CT molecular complexity index is 558. The van der Waals surface area contributed by atoms with Gasteiger partial charge >= 0.3 is 5.97 Å². The van der Waals surface area contributed by atoms with Gasteiger partial charge in [-0.05, 0) is 25.1 Å². The van der Waals surface area contributed by atoms with Gasteiger partial charge in [0.05, 0.1) is 16.6 Å². The molecule has 0 fully saturated rings. The highest BCUT2D eigenvalue weighted by Crippen LogP contribution is 2.17. The first kappa shape index (κ1) is 10.5. The molecule has 16 heavy (non-hydrogen) atoms. The molecule has 2 rings (SSSR count). The van der Waals surface area contributed by atoms with Crippen LogP contribution in [0.25, 0.3) is 11.0 Å². The molecular formula is C11H13N3O2. The number of hydrogen-bond donors (Lipinski definition) is 1. The minimum absolute atomic E-state index is 0.260. The number of rotatable bonds is 2. The van der Waals surface area contributed by atoms with Crippen molar-refractivity contribution in [1.29, 1.82) is 0 Å². The van der Waals surface area contributed by atoms with E-state index in [0.717, 1.165) is 11.3 Å². The monoisotopic (exact) mass is 219 g/mol. The fraction of sp³-hybridized carbons (Fsp3) is 0.273. The molecule has 0 aliphatic rings. The molecule has 0 saturated carbocycles. The summed E-state index contributed by atoms with van der Waals surface area (Å²) in [5.74, 6) is -0.0958. The van der Waals surface area contributed by atoms with Crippen molar-refractivity contribution in [2.24, 2.45) is 0 Å². The first-order chi connectivity index (χ1) is 7.50. The molecule has 5 heteroatoms. The van der Waals surface area contributed by atoms with E-state index in [9.17, 15) is 4.79 Å². The maximum atomic E-state index is 10.8. The van der Waals surface area contributed by atoms with Gasteiger partial charge in [0.25, 0.3) is 0 Å². The lowest BCUT2D eigenvalue weighted by Crippen LogP contribution is -2.25. The molecule has 2 aromatic rings. The number of aromatic nitrogens is 2. The molecule has 1 heterocycles. The van der Waals surface area contributed by atoms with E-state index >= 15 is 0 Å².